The van der Waals surface area contributed by atoms with E-state index in [9.17, 15) is 9.59 Å². The van der Waals surface area contributed by atoms with Crippen molar-refractivity contribution in [1.82, 2.24) is 4.90 Å². The number of benzene rings is 1. The van der Waals surface area contributed by atoms with Crippen LogP contribution in [0.1, 0.15) is 6.92 Å². The summed E-state index contributed by atoms with van der Waals surface area (Å²) in [4.78, 5) is 24.4. The van der Waals surface area contributed by atoms with Gasteiger partial charge in [-0.25, -0.2) is 4.79 Å². The molecule has 1 aromatic carbocycles. The van der Waals surface area contributed by atoms with Crippen LogP contribution >= 0.6 is 23.2 Å². The molecular formula is C12H14Cl2N2O3. The molecule has 0 radical (unpaired) electrons. The van der Waals surface area contributed by atoms with Crippen LogP contribution in [0.25, 0.3) is 0 Å². The van der Waals surface area contributed by atoms with E-state index in [-0.39, 0.29) is 6.54 Å². The third-order valence-electron chi connectivity index (χ3n) is 2.33. The fourth-order valence-corrected chi connectivity index (χ4v) is 1.90. The molecule has 0 aliphatic carbocycles. The zero-order chi connectivity index (χ0) is 14.4. The summed E-state index contributed by atoms with van der Waals surface area (Å²) in [5.41, 5.74) is 0.464. The van der Waals surface area contributed by atoms with E-state index in [2.05, 4.69) is 10.1 Å². The van der Waals surface area contributed by atoms with Crippen LogP contribution in [0.3, 0.4) is 0 Å². The zero-order valence-corrected chi connectivity index (χ0v) is 12.1. The first kappa shape index (κ1) is 15.6. The van der Waals surface area contributed by atoms with Gasteiger partial charge < -0.3 is 15.0 Å². The van der Waals surface area contributed by atoms with Crippen molar-refractivity contribution >= 4 is 40.9 Å². The van der Waals surface area contributed by atoms with E-state index in [1.165, 1.54) is 12.0 Å². The predicted octanol–water partition coefficient (Wildman–Crippen LogP) is 3.02. The molecule has 0 aliphatic rings. The molecule has 2 amide bonds. The number of methoxy groups -OCH3 is 1. The lowest BCUT2D eigenvalue weighted by Gasteiger charge is -2.20. The first-order chi connectivity index (χ1) is 8.96. The molecule has 1 rings (SSSR count). The summed E-state index contributed by atoms with van der Waals surface area (Å²) >= 11 is 11.7. The lowest BCUT2D eigenvalue weighted by atomic mass is 10.3. The largest absolute Gasteiger partial charge is 0.468 e. The van der Waals surface area contributed by atoms with E-state index in [1.807, 2.05) is 0 Å². The SMILES string of the molecule is CCN(CC(=O)OC)C(=O)Nc1cc(Cl)cc(Cl)c1. The molecular weight excluding hydrogens is 291 g/mol. The molecule has 7 heteroatoms. The van der Waals surface area contributed by atoms with Crippen molar-refractivity contribution in [2.24, 2.45) is 0 Å². The maximum absolute atomic E-state index is 11.9. The Morgan fingerprint density at radius 2 is 1.84 bits per heavy atom. The summed E-state index contributed by atoms with van der Waals surface area (Å²) in [5, 5.41) is 3.45. The van der Waals surface area contributed by atoms with Crippen LogP contribution in [0.2, 0.25) is 10.0 Å². The number of ether oxygens (including phenoxy) is 1. The van der Waals surface area contributed by atoms with Gasteiger partial charge in [0.25, 0.3) is 0 Å². The molecule has 104 valence electrons. The zero-order valence-electron chi connectivity index (χ0n) is 10.6. The lowest BCUT2D eigenvalue weighted by molar-refractivity contribution is -0.141. The molecule has 0 atom stereocenters. The highest BCUT2D eigenvalue weighted by atomic mass is 35.5. The van der Waals surface area contributed by atoms with Crippen molar-refractivity contribution in [1.29, 1.82) is 0 Å². The second kappa shape index (κ2) is 7.21. The summed E-state index contributed by atoms with van der Waals surface area (Å²) in [6.45, 7) is 2.01. The topological polar surface area (TPSA) is 58.6 Å². The van der Waals surface area contributed by atoms with Crippen LogP contribution in [-0.2, 0) is 9.53 Å². The third-order valence-corrected chi connectivity index (χ3v) is 2.77. The number of rotatable bonds is 4. The van der Waals surface area contributed by atoms with E-state index in [0.29, 0.717) is 22.3 Å². The number of nitrogens with zero attached hydrogens (tertiary/aromatic N) is 1. The predicted molar refractivity (Wildman–Crippen MR) is 74.7 cm³/mol. The van der Waals surface area contributed by atoms with Gasteiger partial charge in [0.15, 0.2) is 0 Å². The number of nitrogens with one attached hydrogen (secondary N) is 1. The van der Waals surface area contributed by atoms with E-state index >= 15 is 0 Å². The Labute approximate surface area is 121 Å². The Morgan fingerprint density at radius 1 is 1.26 bits per heavy atom. The number of urea groups is 1. The van der Waals surface area contributed by atoms with Crippen LogP contribution in [-0.4, -0.2) is 37.1 Å². The highest BCUT2D eigenvalue weighted by Gasteiger charge is 2.16. The fourth-order valence-electron chi connectivity index (χ4n) is 1.38. The number of likely N-dealkylation sites (N-methyl/N-ethyl adjacent to an activating group) is 1. The van der Waals surface area contributed by atoms with Gasteiger partial charge in [0.2, 0.25) is 0 Å². The Morgan fingerprint density at radius 3 is 2.32 bits per heavy atom. The van der Waals surface area contributed by atoms with Crippen LogP contribution in [0.15, 0.2) is 18.2 Å². The number of hydrogen-bond acceptors (Lipinski definition) is 3. The van der Waals surface area contributed by atoms with Crippen molar-refractivity contribution in [3.8, 4) is 0 Å². The number of hydrogen-bond donors (Lipinski definition) is 1. The smallest absolute Gasteiger partial charge is 0.325 e. The van der Waals surface area contributed by atoms with Gasteiger partial charge in [0.05, 0.1) is 7.11 Å². The molecule has 5 nitrogen and oxygen atoms in total. The maximum atomic E-state index is 11.9. The van der Waals surface area contributed by atoms with Crippen molar-refractivity contribution < 1.29 is 14.3 Å². The molecule has 0 saturated carbocycles. The summed E-state index contributed by atoms with van der Waals surface area (Å²) in [6, 6.07) is 4.27. The van der Waals surface area contributed by atoms with Gasteiger partial charge in [0.1, 0.15) is 6.54 Å². The van der Waals surface area contributed by atoms with Gasteiger partial charge in [-0.2, -0.15) is 0 Å². The van der Waals surface area contributed by atoms with Crippen molar-refractivity contribution in [3.63, 3.8) is 0 Å². The van der Waals surface area contributed by atoms with Crippen LogP contribution in [0.5, 0.6) is 0 Å². The number of carbonyl (C=O) groups excluding carboxylic acids is 2. The van der Waals surface area contributed by atoms with Crippen molar-refractivity contribution in [2.45, 2.75) is 6.92 Å². The average molecular weight is 305 g/mol. The highest BCUT2D eigenvalue weighted by molar-refractivity contribution is 6.35. The Hall–Kier alpha value is -1.46. The van der Waals surface area contributed by atoms with E-state index in [4.69, 9.17) is 23.2 Å². The average Bonchev–Trinajstić information content (AvgIpc) is 2.34. The molecule has 0 aromatic heterocycles. The minimum Gasteiger partial charge on any atom is -0.468 e. The maximum Gasteiger partial charge on any atom is 0.325 e. The second-order valence-electron chi connectivity index (χ2n) is 3.68. The minimum absolute atomic E-state index is 0.118. The van der Waals surface area contributed by atoms with Gasteiger partial charge in [-0.15, -0.1) is 0 Å². The summed E-state index contributed by atoms with van der Waals surface area (Å²) in [6.07, 6.45) is 0. The molecule has 0 saturated heterocycles. The molecule has 0 fully saturated rings. The number of anilines is 1. The molecule has 0 aliphatic heterocycles. The Bertz CT molecular complexity index is 460. The monoisotopic (exact) mass is 304 g/mol. The number of esters is 1. The van der Waals surface area contributed by atoms with E-state index in [1.54, 1.807) is 25.1 Å². The first-order valence-corrected chi connectivity index (χ1v) is 6.30. The van der Waals surface area contributed by atoms with E-state index < -0.39 is 12.0 Å². The molecule has 0 unspecified atom stereocenters. The second-order valence-corrected chi connectivity index (χ2v) is 4.55. The molecule has 0 spiro atoms. The van der Waals surface area contributed by atoms with Gasteiger partial charge in [-0.1, -0.05) is 23.2 Å². The molecule has 19 heavy (non-hydrogen) atoms. The van der Waals surface area contributed by atoms with Gasteiger partial charge in [-0.05, 0) is 25.1 Å². The lowest BCUT2D eigenvalue weighted by Crippen LogP contribution is -2.38. The molecule has 0 heterocycles. The van der Waals surface area contributed by atoms with Crippen LogP contribution < -0.4 is 5.32 Å². The van der Waals surface area contributed by atoms with Crippen molar-refractivity contribution in [3.05, 3.63) is 28.2 Å². The highest BCUT2D eigenvalue weighted by Crippen LogP contribution is 2.22. The summed E-state index contributed by atoms with van der Waals surface area (Å²) in [5.74, 6) is -0.485. The summed E-state index contributed by atoms with van der Waals surface area (Å²) < 4.78 is 4.52. The minimum atomic E-state index is -0.485. The van der Waals surface area contributed by atoms with Crippen LogP contribution in [0, 0.1) is 0 Å². The Kier molecular flexibility index (Phi) is 5.92. The third kappa shape index (κ3) is 4.96. The summed E-state index contributed by atoms with van der Waals surface area (Å²) in [7, 11) is 1.27. The quantitative estimate of drug-likeness (QED) is 0.870. The molecule has 0 bridgehead atoms. The van der Waals surface area contributed by atoms with Gasteiger partial charge >= 0.3 is 12.0 Å². The number of amides is 2. The fraction of sp³-hybridized carbons (Fsp3) is 0.333. The number of carbonyl (C=O) groups is 2. The van der Waals surface area contributed by atoms with E-state index in [0.717, 1.165) is 0 Å². The van der Waals surface area contributed by atoms with Gasteiger partial charge in [-0.3, -0.25) is 4.79 Å². The normalized spacial score (nSPS) is 9.89. The Balaban J connectivity index is 2.73. The van der Waals surface area contributed by atoms with Crippen molar-refractivity contribution in [2.75, 3.05) is 25.5 Å². The standard InChI is InChI=1S/C12H14Cl2N2O3/c1-3-16(7-11(17)19-2)12(18)15-10-5-8(13)4-9(14)6-10/h4-6H,3,7H2,1-2H3,(H,15,18). The first-order valence-electron chi connectivity index (χ1n) is 5.55. The number of halogens is 2. The molecule has 1 aromatic rings. The molecule has 1 N–H and O–H groups in total. The van der Waals surface area contributed by atoms with Crippen LogP contribution in [0.4, 0.5) is 10.5 Å². The van der Waals surface area contributed by atoms with Gasteiger partial charge in [0, 0.05) is 22.3 Å².